The molecule has 0 spiro atoms. The Bertz CT molecular complexity index is 1590. The largest absolute Gasteiger partial charge is 0.326 e. The molecule has 4 aromatic carbocycles. The molecule has 2 N–H and O–H groups in total. The number of thiazole rings is 1. The van der Waals surface area contributed by atoms with Crippen molar-refractivity contribution in [2.45, 2.75) is 16.6 Å². The Morgan fingerprint density at radius 3 is 2.27 bits per heavy atom. The van der Waals surface area contributed by atoms with Gasteiger partial charge >= 0.3 is 0 Å². The Kier molecular flexibility index (Phi) is 8.91. The van der Waals surface area contributed by atoms with E-state index in [-0.39, 0.29) is 24.1 Å². The topological polar surface area (TPSA) is 71.1 Å². The summed E-state index contributed by atoms with van der Waals surface area (Å²) in [4.78, 5) is 31.3. The van der Waals surface area contributed by atoms with Crippen LogP contribution in [0.15, 0.2) is 113 Å². The van der Waals surface area contributed by atoms with Crippen LogP contribution < -0.4 is 10.6 Å². The Morgan fingerprint density at radius 2 is 1.57 bits per heavy atom. The summed E-state index contributed by atoms with van der Waals surface area (Å²) in [5.74, 6) is -0.659. The number of carbonyl (C=O) groups excluding carboxylic acids is 2. The summed E-state index contributed by atoms with van der Waals surface area (Å²) in [6, 6.07) is 30.1. The second-order valence-corrected chi connectivity index (χ2v) is 11.3. The SMILES string of the molecule is O=C(Cc1ccc(Cl)cc1)Nc1ccc(SC(C(=O)Nc2nc(-c3ccc(F)cc3)cs2)c2ccccc2)cc1. The third-order valence-corrected chi connectivity index (χ3v) is 8.16. The number of nitrogens with one attached hydrogen (secondary N) is 2. The zero-order valence-corrected chi connectivity index (χ0v) is 23.4. The van der Waals surface area contributed by atoms with E-state index in [9.17, 15) is 14.0 Å². The van der Waals surface area contributed by atoms with E-state index in [1.807, 2.05) is 72.1 Å². The summed E-state index contributed by atoms with van der Waals surface area (Å²) in [7, 11) is 0. The second-order valence-electron chi connectivity index (χ2n) is 8.82. The third kappa shape index (κ3) is 7.35. The average molecular weight is 588 g/mol. The van der Waals surface area contributed by atoms with Gasteiger partial charge in [0, 0.05) is 26.5 Å². The van der Waals surface area contributed by atoms with Crippen molar-refractivity contribution in [3.8, 4) is 11.3 Å². The van der Waals surface area contributed by atoms with Crippen molar-refractivity contribution in [3.63, 3.8) is 0 Å². The Morgan fingerprint density at radius 1 is 0.875 bits per heavy atom. The molecule has 200 valence electrons. The lowest BCUT2D eigenvalue weighted by atomic mass is 10.1. The van der Waals surface area contributed by atoms with Gasteiger partial charge in [0.2, 0.25) is 11.8 Å². The monoisotopic (exact) mass is 587 g/mol. The molecular weight excluding hydrogens is 565 g/mol. The molecule has 5 aromatic rings. The first kappa shape index (κ1) is 27.6. The van der Waals surface area contributed by atoms with Crippen LogP contribution in [0.3, 0.4) is 0 Å². The van der Waals surface area contributed by atoms with Crippen molar-refractivity contribution in [3.05, 3.63) is 130 Å². The lowest BCUT2D eigenvalue weighted by Gasteiger charge is -2.16. The van der Waals surface area contributed by atoms with Crippen molar-refractivity contribution in [1.82, 2.24) is 4.98 Å². The van der Waals surface area contributed by atoms with Gasteiger partial charge in [0.25, 0.3) is 0 Å². The molecule has 0 saturated heterocycles. The summed E-state index contributed by atoms with van der Waals surface area (Å²) in [5, 5.41) is 8.22. The van der Waals surface area contributed by atoms with E-state index in [0.29, 0.717) is 21.5 Å². The quantitative estimate of drug-likeness (QED) is 0.170. The van der Waals surface area contributed by atoms with E-state index in [0.717, 1.165) is 21.6 Å². The summed E-state index contributed by atoms with van der Waals surface area (Å²) < 4.78 is 13.3. The molecule has 0 aliphatic carbocycles. The number of carbonyl (C=O) groups is 2. The highest BCUT2D eigenvalue weighted by molar-refractivity contribution is 8.00. The number of rotatable bonds is 9. The molecule has 0 saturated carbocycles. The molecule has 40 heavy (non-hydrogen) atoms. The van der Waals surface area contributed by atoms with Crippen LogP contribution in [0.2, 0.25) is 5.02 Å². The van der Waals surface area contributed by atoms with Crippen LogP contribution in [0.1, 0.15) is 16.4 Å². The van der Waals surface area contributed by atoms with E-state index in [1.165, 1.54) is 35.2 Å². The highest BCUT2D eigenvalue weighted by atomic mass is 35.5. The smallest absolute Gasteiger partial charge is 0.244 e. The standard InChI is InChI=1S/C31H23ClFN3O2S2/c32-23-10-6-20(7-11-23)18-28(37)34-25-14-16-26(17-15-25)40-29(22-4-2-1-3-5-22)30(38)36-31-35-27(19-39-31)21-8-12-24(33)13-9-21/h1-17,19,29H,18H2,(H,34,37)(H,35,36,38). The van der Waals surface area contributed by atoms with Gasteiger partial charge in [-0.15, -0.1) is 23.1 Å². The van der Waals surface area contributed by atoms with Crippen LogP contribution in [-0.2, 0) is 16.0 Å². The second kappa shape index (κ2) is 12.9. The molecule has 0 fully saturated rings. The fourth-order valence-electron chi connectivity index (χ4n) is 3.90. The minimum Gasteiger partial charge on any atom is -0.326 e. The first-order valence-corrected chi connectivity index (χ1v) is 14.4. The number of anilines is 2. The average Bonchev–Trinajstić information content (AvgIpc) is 3.43. The molecule has 1 unspecified atom stereocenters. The molecule has 0 aliphatic heterocycles. The Hall–Kier alpha value is -3.98. The van der Waals surface area contributed by atoms with Crippen molar-refractivity contribution in [2.75, 3.05) is 10.6 Å². The molecule has 1 aromatic heterocycles. The van der Waals surface area contributed by atoms with Crippen LogP contribution >= 0.6 is 34.7 Å². The summed E-state index contributed by atoms with van der Waals surface area (Å²) in [6.45, 7) is 0. The number of thioether (sulfide) groups is 1. The van der Waals surface area contributed by atoms with Gasteiger partial charge in [-0.2, -0.15) is 0 Å². The molecule has 1 atom stereocenters. The van der Waals surface area contributed by atoms with Gasteiger partial charge < -0.3 is 10.6 Å². The maximum absolute atomic E-state index is 13.4. The number of hydrogen-bond acceptors (Lipinski definition) is 5. The lowest BCUT2D eigenvalue weighted by molar-refractivity contribution is -0.116. The van der Waals surface area contributed by atoms with E-state index >= 15 is 0 Å². The minimum absolute atomic E-state index is 0.132. The molecule has 0 aliphatic rings. The summed E-state index contributed by atoms with van der Waals surface area (Å²) in [6.07, 6.45) is 0.240. The van der Waals surface area contributed by atoms with Crippen LogP contribution in [-0.4, -0.2) is 16.8 Å². The number of nitrogens with zero attached hydrogens (tertiary/aromatic N) is 1. The molecule has 9 heteroatoms. The third-order valence-electron chi connectivity index (χ3n) is 5.88. The van der Waals surface area contributed by atoms with Gasteiger partial charge in [-0.1, -0.05) is 54.1 Å². The van der Waals surface area contributed by atoms with Crippen LogP contribution in [0.4, 0.5) is 15.2 Å². The summed E-state index contributed by atoms with van der Waals surface area (Å²) in [5.41, 5.74) is 3.82. The summed E-state index contributed by atoms with van der Waals surface area (Å²) >= 11 is 8.63. The molecule has 0 radical (unpaired) electrons. The number of benzene rings is 4. The first-order chi connectivity index (χ1) is 19.4. The van der Waals surface area contributed by atoms with Gasteiger partial charge in [-0.25, -0.2) is 9.37 Å². The van der Waals surface area contributed by atoms with Gasteiger partial charge in [0.1, 0.15) is 11.1 Å². The highest BCUT2D eigenvalue weighted by Gasteiger charge is 2.23. The van der Waals surface area contributed by atoms with Gasteiger partial charge in [-0.05, 0) is 71.8 Å². The van der Waals surface area contributed by atoms with E-state index in [2.05, 4.69) is 15.6 Å². The van der Waals surface area contributed by atoms with E-state index in [1.54, 1.807) is 24.3 Å². The predicted octanol–water partition coefficient (Wildman–Crippen LogP) is 8.26. The van der Waals surface area contributed by atoms with Gasteiger partial charge in [0.05, 0.1) is 12.1 Å². The van der Waals surface area contributed by atoms with Gasteiger partial charge in [0.15, 0.2) is 5.13 Å². The first-order valence-electron chi connectivity index (χ1n) is 12.3. The molecule has 1 heterocycles. The zero-order chi connectivity index (χ0) is 27.9. The Labute approximate surface area is 244 Å². The maximum Gasteiger partial charge on any atom is 0.244 e. The number of halogens is 2. The lowest BCUT2D eigenvalue weighted by Crippen LogP contribution is -2.19. The molecule has 2 amide bonds. The Balaban J connectivity index is 1.25. The van der Waals surface area contributed by atoms with Crippen LogP contribution in [0.25, 0.3) is 11.3 Å². The molecule has 5 nitrogen and oxygen atoms in total. The van der Waals surface area contributed by atoms with Gasteiger partial charge in [-0.3, -0.25) is 9.59 Å². The predicted molar refractivity (Wildman–Crippen MR) is 161 cm³/mol. The van der Waals surface area contributed by atoms with E-state index in [4.69, 9.17) is 11.6 Å². The fourth-order valence-corrected chi connectivity index (χ4v) is 5.78. The maximum atomic E-state index is 13.4. The van der Waals surface area contributed by atoms with Crippen molar-refractivity contribution in [1.29, 1.82) is 0 Å². The van der Waals surface area contributed by atoms with Crippen molar-refractivity contribution < 1.29 is 14.0 Å². The van der Waals surface area contributed by atoms with Crippen LogP contribution in [0.5, 0.6) is 0 Å². The normalized spacial score (nSPS) is 11.6. The van der Waals surface area contributed by atoms with Crippen molar-refractivity contribution in [2.24, 2.45) is 0 Å². The number of aromatic nitrogens is 1. The number of hydrogen-bond donors (Lipinski definition) is 2. The number of amides is 2. The molecule has 5 rings (SSSR count). The highest BCUT2D eigenvalue weighted by Crippen LogP contribution is 2.37. The molecular formula is C31H23ClFN3O2S2. The zero-order valence-electron chi connectivity index (χ0n) is 21.0. The minimum atomic E-state index is -0.537. The molecule has 0 bridgehead atoms. The van der Waals surface area contributed by atoms with Crippen LogP contribution in [0, 0.1) is 5.82 Å². The van der Waals surface area contributed by atoms with Crippen molar-refractivity contribution >= 4 is 57.3 Å². The fraction of sp³-hybridized carbons (Fsp3) is 0.0645. The van der Waals surface area contributed by atoms with E-state index < -0.39 is 5.25 Å².